The first-order chi connectivity index (χ1) is 17.0. The third-order valence-electron chi connectivity index (χ3n) is 6.87. The van der Waals surface area contributed by atoms with Gasteiger partial charge in [0.1, 0.15) is 11.9 Å². The van der Waals surface area contributed by atoms with E-state index in [-0.39, 0.29) is 48.8 Å². The van der Waals surface area contributed by atoms with Gasteiger partial charge in [-0.25, -0.2) is 13.8 Å². The molecular formula is C25H29F5N4O2. The molecule has 2 N–H and O–H groups in total. The van der Waals surface area contributed by atoms with Gasteiger partial charge in [-0.3, -0.25) is 4.79 Å². The molecule has 0 spiro atoms. The smallest absolute Gasteiger partial charge is 0.392 e. The third-order valence-corrected chi connectivity index (χ3v) is 6.87. The van der Waals surface area contributed by atoms with Crippen molar-refractivity contribution in [3.63, 3.8) is 0 Å². The molecule has 1 aliphatic carbocycles. The second-order valence-electron chi connectivity index (χ2n) is 9.41. The number of halogens is 5. The van der Waals surface area contributed by atoms with Gasteiger partial charge in [-0.2, -0.15) is 13.2 Å². The van der Waals surface area contributed by atoms with Gasteiger partial charge < -0.3 is 20.2 Å². The Morgan fingerprint density at radius 2 is 1.94 bits per heavy atom. The molecule has 6 nitrogen and oxygen atoms in total. The summed E-state index contributed by atoms with van der Waals surface area (Å²) in [7, 11) is 0. The Hall–Kier alpha value is -2.79. The number of alkyl halides is 3. The number of carbonyl (C=O) groups excluding carboxylic acids is 1. The molecule has 0 bridgehead atoms. The maximum Gasteiger partial charge on any atom is 0.416 e. The van der Waals surface area contributed by atoms with Gasteiger partial charge >= 0.3 is 6.18 Å². The van der Waals surface area contributed by atoms with E-state index in [0.717, 1.165) is 37.1 Å². The normalized spacial score (nSPS) is 24.4. The number of rotatable bonds is 6. The second-order valence-corrected chi connectivity index (χ2v) is 9.41. The highest BCUT2D eigenvalue weighted by molar-refractivity contribution is 5.99. The number of aromatic nitrogens is 1. The minimum absolute atomic E-state index is 0.0123. The van der Waals surface area contributed by atoms with Crippen LogP contribution in [0.25, 0.3) is 0 Å². The molecule has 196 valence electrons. The molecule has 2 heterocycles. The van der Waals surface area contributed by atoms with E-state index < -0.39 is 41.4 Å². The molecule has 4 atom stereocenters. The number of nitrogens with one attached hydrogen (secondary N) is 1. The molecular weight excluding hydrogens is 483 g/mol. The van der Waals surface area contributed by atoms with E-state index in [2.05, 4.69) is 10.3 Å². The minimum atomic E-state index is -4.59. The van der Waals surface area contributed by atoms with Crippen LogP contribution < -0.4 is 15.1 Å². The summed E-state index contributed by atoms with van der Waals surface area (Å²) in [6.07, 6.45) is -2.60. The summed E-state index contributed by atoms with van der Waals surface area (Å²) < 4.78 is 68.0. The number of aryl methyl sites for hydroxylation is 1. The molecule has 2 aromatic rings. The van der Waals surface area contributed by atoms with Crippen molar-refractivity contribution in [3.05, 3.63) is 53.2 Å². The SMILES string of the molecule is CCN(C(=O)[C@@H]1C[C@H](N[C@@H]2CCC[C@H]2O)CN1c1cc(C(F)(F)F)cc(C)n1)c1ccc(F)c(F)c1. The average molecular weight is 513 g/mol. The van der Waals surface area contributed by atoms with E-state index in [0.29, 0.717) is 6.42 Å². The van der Waals surface area contributed by atoms with E-state index in [9.17, 15) is 31.9 Å². The quantitative estimate of drug-likeness (QED) is 0.569. The van der Waals surface area contributed by atoms with Crippen LogP contribution in [0.15, 0.2) is 30.3 Å². The summed E-state index contributed by atoms with van der Waals surface area (Å²) >= 11 is 0. The monoisotopic (exact) mass is 512 g/mol. The standard InChI is InChI=1S/C25H29F5N4O2/c1-3-33(17-7-8-18(26)19(27)12-17)24(36)21-11-16(32-20-5-4-6-22(20)35)13-34(21)23-10-15(25(28,29)30)9-14(2)31-23/h7-10,12,16,20-22,32,35H,3-6,11,13H2,1-2H3/t16-,20+,21-,22+/m0/s1. The number of nitrogens with zero attached hydrogens (tertiary/aromatic N) is 3. The minimum Gasteiger partial charge on any atom is -0.392 e. The number of aliphatic hydroxyl groups excluding tert-OH is 1. The van der Waals surface area contributed by atoms with Crippen molar-refractivity contribution in [1.82, 2.24) is 10.3 Å². The van der Waals surface area contributed by atoms with Gasteiger partial charge in [0.15, 0.2) is 11.6 Å². The molecule has 0 unspecified atom stereocenters. The number of carbonyl (C=O) groups is 1. The van der Waals surface area contributed by atoms with Crippen molar-refractivity contribution in [3.8, 4) is 0 Å². The molecule has 1 saturated carbocycles. The number of anilines is 2. The van der Waals surface area contributed by atoms with Gasteiger partial charge in [0.25, 0.3) is 0 Å². The zero-order chi connectivity index (χ0) is 26.2. The number of amides is 1. The van der Waals surface area contributed by atoms with Gasteiger partial charge in [-0.15, -0.1) is 0 Å². The molecule has 11 heteroatoms. The topological polar surface area (TPSA) is 68.7 Å². The van der Waals surface area contributed by atoms with Gasteiger partial charge in [-0.1, -0.05) is 0 Å². The number of benzene rings is 1. The van der Waals surface area contributed by atoms with Gasteiger partial charge in [0, 0.05) is 42.6 Å². The maximum absolute atomic E-state index is 13.9. The number of pyridine rings is 1. The number of aliphatic hydroxyl groups is 1. The van der Waals surface area contributed by atoms with E-state index in [1.807, 2.05) is 0 Å². The van der Waals surface area contributed by atoms with Gasteiger partial charge in [0.05, 0.1) is 11.7 Å². The Morgan fingerprint density at radius 3 is 2.56 bits per heavy atom. The van der Waals surface area contributed by atoms with Crippen LogP contribution >= 0.6 is 0 Å². The Balaban J connectivity index is 1.68. The summed E-state index contributed by atoms with van der Waals surface area (Å²) in [5, 5.41) is 13.6. The number of likely N-dealkylation sites (N-methyl/N-ethyl adjacent to an activating group) is 1. The van der Waals surface area contributed by atoms with Crippen molar-refractivity contribution < 1.29 is 31.9 Å². The van der Waals surface area contributed by atoms with Crippen molar-refractivity contribution >= 4 is 17.4 Å². The number of hydrogen-bond donors (Lipinski definition) is 2. The molecule has 2 fully saturated rings. The lowest BCUT2D eigenvalue weighted by atomic mass is 10.1. The van der Waals surface area contributed by atoms with Gasteiger partial charge in [0.2, 0.25) is 5.91 Å². The average Bonchev–Trinajstić information content (AvgIpc) is 3.42. The summed E-state index contributed by atoms with van der Waals surface area (Å²) in [6.45, 7) is 3.47. The first kappa shape index (κ1) is 26.3. The largest absolute Gasteiger partial charge is 0.416 e. The number of hydrogen-bond acceptors (Lipinski definition) is 5. The molecule has 2 aliphatic rings. The van der Waals surface area contributed by atoms with Crippen LogP contribution in [0.2, 0.25) is 0 Å². The summed E-state index contributed by atoms with van der Waals surface area (Å²) in [6, 6.07) is 3.64. The predicted molar refractivity (Wildman–Crippen MR) is 125 cm³/mol. The lowest BCUT2D eigenvalue weighted by Gasteiger charge is -2.30. The fourth-order valence-electron chi connectivity index (χ4n) is 5.14. The Kier molecular flexibility index (Phi) is 7.51. The maximum atomic E-state index is 13.9. The van der Waals surface area contributed by atoms with Crippen LogP contribution in [0.4, 0.5) is 33.5 Å². The van der Waals surface area contributed by atoms with Crippen molar-refractivity contribution in [2.75, 3.05) is 22.9 Å². The van der Waals surface area contributed by atoms with Crippen molar-refractivity contribution in [2.45, 2.75) is 69.9 Å². The molecule has 1 aromatic carbocycles. The molecule has 1 aromatic heterocycles. The molecule has 0 radical (unpaired) electrons. The molecule has 1 aliphatic heterocycles. The predicted octanol–water partition coefficient (Wildman–Crippen LogP) is 4.19. The van der Waals surface area contributed by atoms with E-state index in [4.69, 9.17) is 0 Å². The van der Waals surface area contributed by atoms with Gasteiger partial charge in [-0.05, 0) is 63.8 Å². The van der Waals surface area contributed by atoms with Crippen molar-refractivity contribution in [2.24, 2.45) is 0 Å². The molecule has 36 heavy (non-hydrogen) atoms. The zero-order valence-electron chi connectivity index (χ0n) is 20.0. The molecule has 4 rings (SSSR count). The summed E-state index contributed by atoms with van der Waals surface area (Å²) in [5.74, 6) is -2.60. The third kappa shape index (κ3) is 5.46. The zero-order valence-corrected chi connectivity index (χ0v) is 20.0. The lowest BCUT2D eigenvalue weighted by Crippen LogP contribution is -2.46. The Labute approximate surface area is 206 Å². The van der Waals surface area contributed by atoms with Crippen LogP contribution in [0.3, 0.4) is 0 Å². The Bertz CT molecular complexity index is 1110. The van der Waals surface area contributed by atoms with E-state index >= 15 is 0 Å². The fourth-order valence-corrected chi connectivity index (χ4v) is 5.14. The van der Waals surface area contributed by atoms with E-state index in [1.165, 1.54) is 22.8 Å². The molecule has 1 saturated heterocycles. The van der Waals surface area contributed by atoms with Crippen molar-refractivity contribution in [1.29, 1.82) is 0 Å². The fraction of sp³-hybridized carbons (Fsp3) is 0.520. The van der Waals surface area contributed by atoms with Crippen LogP contribution in [0, 0.1) is 18.6 Å². The first-order valence-electron chi connectivity index (χ1n) is 12.0. The summed E-state index contributed by atoms with van der Waals surface area (Å²) in [4.78, 5) is 20.8. The summed E-state index contributed by atoms with van der Waals surface area (Å²) in [5.41, 5.74) is -0.564. The lowest BCUT2D eigenvalue weighted by molar-refractivity contribution is -0.137. The van der Waals surface area contributed by atoms with E-state index in [1.54, 1.807) is 6.92 Å². The highest BCUT2D eigenvalue weighted by atomic mass is 19.4. The Morgan fingerprint density at radius 1 is 1.19 bits per heavy atom. The highest BCUT2D eigenvalue weighted by Crippen LogP contribution is 2.35. The first-order valence-corrected chi connectivity index (χ1v) is 12.0. The van der Waals surface area contributed by atoms with Crippen LogP contribution in [-0.4, -0.2) is 53.3 Å². The second kappa shape index (κ2) is 10.3. The highest BCUT2D eigenvalue weighted by Gasteiger charge is 2.42. The van der Waals surface area contributed by atoms with Crippen LogP contribution in [-0.2, 0) is 11.0 Å². The van der Waals surface area contributed by atoms with Crippen LogP contribution in [0.5, 0.6) is 0 Å². The van der Waals surface area contributed by atoms with Crippen LogP contribution in [0.1, 0.15) is 43.9 Å². The molecule has 1 amide bonds.